The SMILES string of the molecule is O=C1CCC(NC(=O)c2ccc(Cl)c(I)c2)CN1. The lowest BCUT2D eigenvalue weighted by atomic mass is 10.1. The molecule has 1 atom stereocenters. The Morgan fingerprint density at radius 1 is 1.50 bits per heavy atom. The van der Waals surface area contributed by atoms with Crippen molar-refractivity contribution in [2.24, 2.45) is 0 Å². The summed E-state index contributed by atoms with van der Waals surface area (Å²) in [6.07, 6.45) is 1.14. The highest BCUT2D eigenvalue weighted by Crippen LogP contribution is 2.19. The van der Waals surface area contributed by atoms with Gasteiger partial charge >= 0.3 is 0 Å². The number of amides is 2. The maximum Gasteiger partial charge on any atom is 0.251 e. The van der Waals surface area contributed by atoms with Crippen molar-refractivity contribution in [3.05, 3.63) is 32.4 Å². The Labute approximate surface area is 124 Å². The predicted octanol–water partition coefficient (Wildman–Crippen LogP) is 1.95. The van der Waals surface area contributed by atoms with Gasteiger partial charge in [0.2, 0.25) is 5.91 Å². The van der Waals surface area contributed by atoms with Crippen LogP contribution in [-0.4, -0.2) is 24.4 Å². The van der Waals surface area contributed by atoms with E-state index in [2.05, 4.69) is 33.2 Å². The van der Waals surface area contributed by atoms with Gasteiger partial charge in [-0.15, -0.1) is 0 Å². The number of halogens is 2. The molecule has 0 aliphatic carbocycles. The molecular formula is C12H12ClIN2O2. The Morgan fingerprint density at radius 3 is 2.89 bits per heavy atom. The van der Waals surface area contributed by atoms with Crippen LogP contribution in [0, 0.1) is 3.57 Å². The summed E-state index contributed by atoms with van der Waals surface area (Å²) in [7, 11) is 0. The third-order valence-electron chi connectivity index (χ3n) is 2.78. The van der Waals surface area contributed by atoms with Crippen molar-refractivity contribution in [1.29, 1.82) is 0 Å². The number of carbonyl (C=O) groups excluding carboxylic acids is 2. The molecule has 1 aliphatic heterocycles. The highest BCUT2D eigenvalue weighted by molar-refractivity contribution is 14.1. The normalized spacial score (nSPS) is 19.2. The lowest BCUT2D eigenvalue weighted by molar-refractivity contribution is -0.122. The quantitative estimate of drug-likeness (QED) is 0.773. The third-order valence-corrected chi connectivity index (χ3v) is 4.32. The van der Waals surface area contributed by atoms with Gasteiger partial charge in [0.25, 0.3) is 5.91 Å². The Kier molecular flexibility index (Phi) is 4.45. The summed E-state index contributed by atoms with van der Waals surface area (Å²) in [5.41, 5.74) is 0.584. The third kappa shape index (κ3) is 3.35. The number of nitrogens with one attached hydrogen (secondary N) is 2. The van der Waals surface area contributed by atoms with E-state index in [4.69, 9.17) is 11.6 Å². The fraction of sp³-hybridized carbons (Fsp3) is 0.333. The van der Waals surface area contributed by atoms with Crippen LogP contribution in [0.25, 0.3) is 0 Å². The molecule has 1 aromatic rings. The summed E-state index contributed by atoms with van der Waals surface area (Å²) < 4.78 is 0.846. The Balaban J connectivity index is 1.99. The molecular weight excluding hydrogens is 367 g/mol. The molecule has 0 saturated carbocycles. The topological polar surface area (TPSA) is 58.2 Å². The minimum Gasteiger partial charge on any atom is -0.354 e. The number of benzene rings is 1. The molecule has 2 rings (SSSR count). The lowest BCUT2D eigenvalue weighted by Crippen LogP contribution is -2.47. The molecule has 1 unspecified atom stereocenters. The number of rotatable bonds is 2. The molecule has 1 fully saturated rings. The smallest absolute Gasteiger partial charge is 0.251 e. The molecule has 18 heavy (non-hydrogen) atoms. The van der Waals surface area contributed by atoms with E-state index in [-0.39, 0.29) is 17.9 Å². The first-order chi connectivity index (χ1) is 8.56. The zero-order chi connectivity index (χ0) is 13.1. The highest BCUT2D eigenvalue weighted by Gasteiger charge is 2.20. The molecule has 2 N–H and O–H groups in total. The molecule has 1 saturated heterocycles. The first-order valence-corrected chi connectivity index (χ1v) is 7.04. The molecule has 1 aromatic carbocycles. The van der Waals surface area contributed by atoms with Crippen molar-refractivity contribution in [1.82, 2.24) is 10.6 Å². The minimum absolute atomic E-state index is 0.00328. The van der Waals surface area contributed by atoms with Gasteiger partial charge in [-0.25, -0.2) is 0 Å². The van der Waals surface area contributed by atoms with E-state index >= 15 is 0 Å². The summed E-state index contributed by atoms with van der Waals surface area (Å²) in [5, 5.41) is 6.27. The maximum absolute atomic E-state index is 12.0. The van der Waals surface area contributed by atoms with Gasteiger partial charge < -0.3 is 10.6 Å². The average Bonchev–Trinajstić information content (AvgIpc) is 2.35. The molecule has 1 heterocycles. The van der Waals surface area contributed by atoms with E-state index in [1.165, 1.54) is 0 Å². The summed E-state index contributed by atoms with van der Waals surface area (Å²) >= 11 is 7.99. The first kappa shape index (κ1) is 13.6. The van der Waals surface area contributed by atoms with Crippen LogP contribution in [0.5, 0.6) is 0 Å². The maximum atomic E-state index is 12.0. The van der Waals surface area contributed by atoms with Gasteiger partial charge in [0.05, 0.1) is 5.02 Å². The number of hydrogen-bond donors (Lipinski definition) is 2. The monoisotopic (exact) mass is 378 g/mol. The Bertz CT molecular complexity index is 483. The van der Waals surface area contributed by atoms with Crippen molar-refractivity contribution in [3.63, 3.8) is 0 Å². The van der Waals surface area contributed by atoms with Gasteiger partial charge in [0.15, 0.2) is 0 Å². The fourth-order valence-corrected chi connectivity index (χ4v) is 2.39. The van der Waals surface area contributed by atoms with Crippen molar-refractivity contribution in [2.45, 2.75) is 18.9 Å². The average molecular weight is 379 g/mol. The molecule has 1 aliphatic rings. The van der Waals surface area contributed by atoms with Gasteiger partial charge in [-0.05, 0) is 47.2 Å². The van der Waals surface area contributed by atoms with Crippen LogP contribution in [-0.2, 0) is 4.79 Å². The van der Waals surface area contributed by atoms with Gasteiger partial charge in [0, 0.05) is 28.1 Å². The van der Waals surface area contributed by atoms with Crippen molar-refractivity contribution in [3.8, 4) is 0 Å². The lowest BCUT2D eigenvalue weighted by Gasteiger charge is -2.23. The van der Waals surface area contributed by atoms with Crippen LogP contribution in [0.4, 0.5) is 0 Å². The van der Waals surface area contributed by atoms with Crippen molar-refractivity contribution >= 4 is 46.0 Å². The summed E-state index contributed by atoms with van der Waals surface area (Å²) in [6.45, 7) is 0.495. The van der Waals surface area contributed by atoms with Crippen LogP contribution in [0.3, 0.4) is 0 Å². The van der Waals surface area contributed by atoms with Crippen LogP contribution in [0.15, 0.2) is 18.2 Å². The predicted molar refractivity (Wildman–Crippen MR) is 77.7 cm³/mol. The van der Waals surface area contributed by atoms with Gasteiger partial charge in [-0.3, -0.25) is 9.59 Å². The highest BCUT2D eigenvalue weighted by atomic mass is 127. The second kappa shape index (κ2) is 5.88. The second-order valence-corrected chi connectivity index (χ2v) is 5.71. The molecule has 0 spiro atoms. The van der Waals surface area contributed by atoms with E-state index < -0.39 is 0 Å². The molecule has 4 nitrogen and oxygen atoms in total. The summed E-state index contributed by atoms with van der Waals surface area (Å²) in [5.74, 6) is -0.0905. The van der Waals surface area contributed by atoms with E-state index in [0.29, 0.717) is 30.0 Å². The zero-order valence-corrected chi connectivity index (χ0v) is 12.4. The largest absolute Gasteiger partial charge is 0.354 e. The van der Waals surface area contributed by atoms with E-state index in [0.717, 1.165) is 3.57 Å². The van der Waals surface area contributed by atoms with Crippen molar-refractivity contribution < 1.29 is 9.59 Å². The zero-order valence-electron chi connectivity index (χ0n) is 9.50. The molecule has 2 amide bonds. The van der Waals surface area contributed by atoms with Gasteiger partial charge in [-0.2, -0.15) is 0 Å². The Hall–Kier alpha value is -0.820. The van der Waals surface area contributed by atoms with Crippen molar-refractivity contribution in [2.75, 3.05) is 6.54 Å². The second-order valence-electron chi connectivity index (χ2n) is 4.14. The molecule has 0 bridgehead atoms. The molecule has 0 aromatic heterocycles. The van der Waals surface area contributed by atoms with E-state index in [1.807, 2.05) is 0 Å². The van der Waals surface area contributed by atoms with Crippen LogP contribution in [0.2, 0.25) is 5.02 Å². The molecule has 6 heteroatoms. The van der Waals surface area contributed by atoms with Crippen LogP contribution >= 0.6 is 34.2 Å². The first-order valence-electron chi connectivity index (χ1n) is 5.59. The number of hydrogen-bond acceptors (Lipinski definition) is 2. The standard InChI is InChI=1S/C12H12ClIN2O2/c13-9-3-1-7(5-10(9)14)12(18)16-8-2-4-11(17)15-6-8/h1,3,5,8H,2,4,6H2,(H,15,17)(H,16,18). The summed E-state index contributed by atoms with van der Waals surface area (Å²) in [6, 6.07) is 5.16. The van der Waals surface area contributed by atoms with Crippen LogP contribution in [0.1, 0.15) is 23.2 Å². The Morgan fingerprint density at radius 2 is 2.28 bits per heavy atom. The number of carbonyl (C=O) groups is 2. The molecule has 0 radical (unpaired) electrons. The summed E-state index contributed by atoms with van der Waals surface area (Å²) in [4.78, 5) is 23.0. The van der Waals surface area contributed by atoms with E-state index in [9.17, 15) is 9.59 Å². The minimum atomic E-state index is -0.134. The molecule has 96 valence electrons. The fourth-order valence-electron chi connectivity index (χ4n) is 1.76. The van der Waals surface area contributed by atoms with E-state index in [1.54, 1.807) is 18.2 Å². The number of piperidine rings is 1. The van der Waals surface area contributed by atoms with Gasteiger partial charge in [-0.1, -0.05) is 11.6 Å². The van der Waals surface area contributed by atoms with Gasteiger partial charge in [0.1, 0.15) is 0 Å². The van der Waals surface area contributed by atoms with Crippen LogP contribution < -0.4 is 10.6 Å².